The van der Waals surface area contributed by atoms with E-state index in [2.05, 4.69) is 22.7 Å². The van der Waals surface area contributed by atoms with E-state index in [-0.39, 0.29) is 18.2 Å². The van der Waals surface area contributed by atoms with Gasteiger partial charge < -0.3 is 10.1 Å². The fraction of sp³-hybridized carbons (Fsp3) is 0.160. The molecule has 0 aromatic heterocycles. The highest BCUT2D eigenvalue weighted by Gasteiger charge is 2.11. The lowest BCUT2D eigenvalue weighted by Gasteiger charge is -2.10. The first-order valence-electron chi connectivity index (χ1n) is 10.1. The number of benzene rings is 3. The number of carbonyl (C=O) groups is 1. The minimum Gasteiger partial charge on any atom is -0.489 e. The highest BCUT2D eigenvalue weighted by atomic mass is 32.2. The van der Waals surface area contributed by atoms with Crippen molar-refractivity contribution >= 4 is 21.6 Å². The summed E-state index contributed by atoms with van der Waals surface area (Å²) in [6.07, 6.45) is 1.48. The van der Waals surface area contributed by atoms with Crippen LogP contribution in [-0.2, 0) is 22.4 Å². The summed E-state index contributed by atoms with van der Waals surface area (Å²) in [5.41, 5.74) is 3.87. The van der Waals surface area contributed by atoms with Gasteiger partial charge in [0, 0.05) is 17.8 Å². The summed E-state index contributed by atoms with van der Waals surface area (Å²) in [7, 11) is -3.43. The molecule has 1 amide bonds. The summed E-state index contributed by atoms with van der Waals surface area (Å²) in [4.78, 5) is 12.6. The molecule has 166 valence electrons. The van der Waals surface area contributed by atoms with Gasteiger partial charge in [-0.05, 0) is 48.4 Å². The monoisotopic (exact) mass is 450 g/mol. The maximum atomic E-state index is 12.6. The molecule has 3 aromatic carbocycles. The molecule has 7 heteroatoms. The number of sulfonamides is 1. The molecule has 0 aliphatic heterocycles. The summed E-state index contributed by atoms with van der Waals surface area (Å²) in [6, 6.07) is 21.7. The second-order valence-electron chi connectivity index (χ2n) is 7.35. The zero-order chi connectivity index (χ0) is 23.0. The number of hydrogen-bond acceptors (Lipinski definition) is 4. The van der Waals surface area contributed by atoms with Gasteiger partial charge >= 0.3 is 0 Å². The van der Waals surface area contributed by atoms with Gasteiger partial charge in [0.2, 0.25) is 10.0 Å². The molecular weight excluding hydrogens is 424 g/mol. The first kappa shape index (κ1) is 23.2. The normalized spacial score (nSPS) is 11.0. The van der Waals surface area contributed by atoms with Crippen molar-refractivity contribution in [3.8, 4) is 5.75 Å². The maximum Gasteiger partial charge on any atom is 0.255 e. The van der Waals surface area contributed by atoms with E-state index in [0.29, 0.717) is 29.2 Å². The lowest BCUT2D eigenvalue weighted by Crippen LogP contribution is -2.25. The second kappa shape index (κ2) is 10.7. The number of nitrogens with one attached hydrogen (secondary N) is 2. The van der Waals surface area contributed by atoms with Crippen LogP contribution in [0.25, 0.3) is 0 Å². The van der Waals surface area contributed by atoms with Gasteiger partial charge in [-0.25, -0.2) is 13.1 Å². The number of rotatable bonds is 10. The molecule has 0 fully saturated rings. The molecule has 0 bridgehead atoms. The number of aryl methyl sites for hydroxylation is 1. The molecule has 0 atom stereocenters. The van der Waals surface area contributed by atoms with Crippen molar-refractivity contribution in [2.75, 3.05) is 11.9 Å². The Morgan fingerprint density at radius 2 is 1.75 bits per heavy atom. The summed E-state index contributed by atoms with van der Waals surface area (Å²) < 4.78 is 32.2. The molecule has 0 saturated heterocycles. The molecule has 3 rings (SSSR count). The van der Waals surface area contributed by atoms with Crippen molar-refractivity contribution in [3.63, 3.8) is 0 Å². The summed E-state index contributed by atoms with van der Waals surface area (Å²) in [5, 5.41) is 2.82. The van der Waals surface area contributed by atoms with Crippen molar-refractivity contribution in [1.29, 1.82) is 0 Å². The predicted molar refractivity (Wildman–Crippen MR) is 127 cm³/mol. The molecular formula is C25H26N2O4S. The van der Waals surface area contributed by atoms with E-state index >= 15 is 0 Å². The number of amides is 1. The number of carbonyl (C=O) groups excluding carboxylic acids is 1. The Hall–Kier alpha value is -3.42. The second-order valence-corrected chi connectivity index (χ2v) is 9.16. The minimum atomic E-state index is -3.43. The number of ether oxygens (including phenoxy) is 1. The Kier molecular flexibility index (Phi) is 7.81. The van der Waals surface area contributed by atoms with Crippen LogP contribution in [-0.4, -0.2) is 20.9 Å². The van der Waals surface area contributed by atoms with Gasteiger partial charge in [0.15, 0.2) is 0 Å². The van der Waals surface area contributed by atoms with Crippen LogP contribution in [0.2, 0.25) is 0 Å². The lowest BCUT2D eigenvalue weighted by atomic mass is 10.1. The van der Waals surface area contributed by atoms with Gasteiger partial charge in [-0.3, -0.25) is 4.79 Å². The van der Waals surface area contributed by atoms with E-state index in [1.807, 2.05) is 31.2 Å². The van der Waals surface area contributed by atoms with Crippen molar-refractivity contribution < 1.29 is 17.9 Å². The SMILES string of the molecule is C=CCNS(=O)(=O)Cc1ccc(NC(=O)c2cccc(OCc3cccc(C)c3)c2)cc1. The van der Waals surface area contributed by atoms with Gasteiger partial charge in [-0.15, -0.1) is 6.58 Å². The van der Waals surface area contributed by atoms with Crippen LogP contribution in [0.1, 0.15) is 27.0 Å². The molecule has 0 saturated carbocycles. The molecule has 0 heterocycles. The lowest BCUT2D eigenvalue weighted by molar-refractivity contribution is 0.102. The Labute approximate surface area is 189 Å². The quantitative estimate of drug-likeness (QED) is 0.448. The third kappa shape index (κ3) is 7.08. The van der Waals surface area contributed by atoms with E-state index in [9.17, 15) is 13.2 Å². The van der Waals surface area contributed by atoms with Crippen LogP contribution in [0, 0.1) is 6.92 Å². The molecule has 0 aliphatic carbocycles. The van der Waals surface area contributed by atoms with Gasteiger partial charge in [0.25, 0.3) is 5.91 Å². The molecule has 0 aliphatic rings. The fourth-order valence-electron chi connectivity index (χ4n) is 3.04. The smallest absolute Gasteiger partial charge is 0.255 e. The minimum absolute atomic E-state index is 0.143. The van der Waals surface area contributed by atoms with E-state index in [1.54, 1.807) is 42.5 Å². The third-order valence-electron chi connectivity index (χ3n) is 4.60. The van der Waals surface area contributed by atoms with Crippen LogP contribution in [0.5, 0.6) is 5.75 Å². The Bertz CT molecular complexity index is 1190. The third-order valence-corrected chi connectivity index (χ3v) is 5.92. The molecule has 0 radical (unpaired) electrons. The molecule has 32 heavy (non-hydrogen) atoms. The Morgan fingerprint density at radius 1 is 1.00 bits per heavy atom. The zero-order valence-corrected chi connectivity index (χ0v) is 18.7. The standard InChI is InChI=1S/C25H26N2O4S/c1-3-14-26-32(29,30)18-20-10-12-23(13-11-20)27-25(28)22-8-5-9-24(16-22)31-17-21-7-4-6-19(2)15-21/h3-13,15-16,26H,1,14,17-18H2,2H3,(H,27,28). The summed E-state index contributed by atoms with van der Waals surface area (Å²) >= 11 is 0. The molecule has 0 unspecified atom stereocenters. The van der Waals surface area contributed by atoms with Gasteiger partial charge in [0.05, 0.1) is 5.75 Å². The van der Waals surface area contributed by atoms with E-state index in [1.165, 1.54) is 6.08 Å². The van der Waals surface area contributed by atoms with Gasteiger partial charge in [0.1, 0.15) is 12.4 Å². The highest BCUT2D eigenvalue weighted by Crippen LogP contribution is 2.18. The highest BCUT2D eigenvalue weighted by molar-refractivity contribution is 7.88. The van der Waals surface area contributed by atoms with Crippen molar-refractivity contribution in [2.45, 2.75) is 19.3 Å². The summed E-state index contributed by atoms with van der Waals surface area (Å²) in [6.45, 7) is 6.12. The molecule has 0 spiro atoms. The van der Waals surface area contributed by atoms with Crippen molar-refractivity contribution in [1.82, 2.24) is 4.72 Å². The zero-order valence-electron chi connectivity index (χ0n) is 17.9. The first-order chi connectivity index (χ1) is 15.3. The van der Waals surface area contributed by atoms with E-state index < -0.39 is 10.0 Å². The number of hydrogen-bond donors (Lipinski definition) is 2. The maximum absolute atomic E-state index is 12.6. The average Bonchev–Trinajstić information content (AvgIpc) is 2.78. The first-order valence-corrected chi connectivity index (χ1v) is 11.8. The van der Waals surface area contributed by atoms with E-state index in [4.69, 9.17) is 4.74 Å². The van der Waals surface area contributed by atoms with Crippen LogP contribution >= 0.6 is 0 Å². The Morgan fingerprint density at radius 3 is 2.47 bits per heavy atom. The fourth-order valence-corrected chi connectivity index (χ4v) is 4.14. The van der Waals surface area contributed by atoms with Crippen LogP contribution in [0.4, 0.5) is 5.69 Å². The van der Waals surface area contributed by atoms with E-state index in [0.717, 1.165) is 11.1 Å². The average molecular weight is 451 g/mol. The van der Waals surface area contributed by atoms with Gasteiger partial charge in [-0.1, -0.05) is 54.1 Å². The van der Waals surface area contributed by atoms with Crippen molar-refractivity contribution in [3.05, 3.63) is 108 Å². The number of anilines is 1. The molecule has 3 aromatic rings. The van der Waals surface area contributed by atoms with Crippen molar-refractivity contribution in [2.24, 2.45) is 0 Å². The molecule has 6 nitrogen and oxygen atoms in total. The predicted octanol–water partition coefficient (Wildman–Crippen LogP) is 4.43. The van der Waals surface area contributed by atoms with Crippen LogP contribution < -0.4 is 14.8 Å². The van der Waals surface area contributed by atoms with Crippen LogP contribution in [0.3, 0.4) is 0 Å². The van der Waals surface area contributed by atoms with Gasteiger partial charge in [-0.2, -0.15) is 0 Å². The topological polar surface area (TPSA) is 84.5 Å². The summed E-state index contributed by atoms with van der Waals surface area (Å²) in [5.74, 6) is 0.181. The Balaban J connectivity index is 1.59. The van der Waals surface area contributed by atoms with Crippen LogP contribution in [0.15, 0.2) is 85.5 Å². The largest absolute Gasteiger partial charge is 0.489 e. The molecule has 2 N–H and O–H groups in total.